The van der Waals surface area contributed by atoms with Gasteiger partial charge in [0.15, 0.2) is 0 Å². The molecule has 0 aliphatic rings. The number of imidazole rings is 1. The minimum Gasteiger partial charge on any atom is -0.486 e. The van der Waals surface area contributed by atoms with Gasteiger partial charge in [0.25, 0.3) is 0 Å². The second-order valence-corrected chi connectivity index (χ2v) is 4.28. The number of benzene rings is 1. The molecule has 0 bridgehead atoms. The lowest BCUT2D eigenvalue weighted by atomic mass is 10.1. The Morgan fingerprint density at radius 3 is 2.67 bits per heavy atom. The van der Waals surface area contributed by atoms with Crippen LogP contribution in [0, 0.1) is 0 Å². The van der Waals surface area contributed by atoms with Crippen molar-refractivity contribution in [3.8, 4) is 5.75 Å². The first kappa shape index (κ1) is 12.6. The van der Waals surface area contributed by atoms with Gasteiger partial charge in [-0.05, 0) is 31.5 Å². The predicted octanol–water partition coefficient (Wildman–Crippen LogP) is 2.50. The monoisotopic (exact) mass is 245 g/mol. The molecule has 0 radical (unpaired) electrons. The maximum absolute atomic E-state index is 5.80. The van der Waals surface area contributed by atoms with E-state index in [1.54, 1.807) is 6.20 Å². The summed E-state index contributed by atoms with van der Waals surface area (Å²) in [5, 5.41) is 0. The van der Waals surface area contributed by atoms with Crippen LogP contribution in [0.25, 0.3) is 0 Å². The molecular formula is C14H19N3O. The van der Waals surface area contributed by atoms with E-state index in [4.69, 9.17) is 10.5 Å². The number of nitrogens with two attached hydrogens (primary N) is 1. The molecule has 1 aromatic heterocycles. The van der Waals surface area contributed by atoms with E-state index in [1.807, 2.05) is 37.4 Å². The van der Waals surface area contributed by atoms with Crippen LogP contribution in [0.4, 0.5) is 0 Å². The highest BCUT2D eigenvalue weighted by molar-refractivity contribution is 5.28. The highest BCUT2D eigenvalue weighted by Crippen LogP contribution is 2.17. The average molecular weight is 245 g/mol. The van der Waals surface area contributed by atoms with Gasteiger partial charge < -0.3 is 15.0 Å². The van der Waals surface area contributed by atoms with Crippen molar-refractivity contribution in [2.75, 3.05) is 0 Å². The smallest absolute Gasteiger partial charge is 0.146 e. The van der Waals surface area contributed by atoms with E-state index in [1.165, 1.54) is 0 Å². The summed E-state index contributed by atoms with van der Waals surface area (Å²) in [7, 11) is 0. The van der Waals surface area contributed by atoms with Crippen molar-refractivity contribution in [2.24, 2.45) is 5.73 Å². The maximum Gasteiger partial charge on any atom is 0.146 e. The molecule has 0 saturated carbocycles. The van der Waals surface area contributed by atoms with E-state index in [9.17, 15) is 0 Å². The molecule has 0 fully saturated rings. The first-order chi connectivity index (χ1) is 8.70. The van der Waals surface area contributed by atoms with E-state index in [0.29, 0.717) is 6.61 Å². The molecule has 4 heteroatoms. The minimum atomic E-state index is 0.0537. The zero-order chi connectivity index (χ0) is 13.0. The maximum atomic E-state index is 5.80. The first-order valence-electron chi connectivity index (χ1n) is 6.19. The Hall–Kier alpha value is -1.81. The molecule has 0 aliphatic carbocycles. The highest BCUT2D eigenvalue weighted by Gasteiger charge is 2.03. The van der Waals surface area contributed by atoms with Crippen molar-refractivity contribution in [1.82, 2.24) is 9.55 Å². The van der Waals surface area contributed by atoms with Gasteiger partial charge in [-0.25, -0.2) is 4.98 Å². The van der Waals surface area contributed by atoms with E-state index in [2.05, 4.69) is 16.5 Å². The largest absolute Gasteiger partial charge is 0.486 e. The summed E-state index contributed by atoms with van der Waals surface area (Å²) in [6, 6.07) is 7.92. The van der Waals surface area contributed by atoms with Gasteiger partial charge in [0.1, 0.15) is 18.2 Å². The molecule has 0 unspecified atom stereocenters. The van der Waals surface area contributed by atoms with Gasteiger partial charge in [-0.3, -0.25) is 0 Å². The van der Waals surface area contributed by atoms with Crippen LogP contribution in [0.5, 0.6) is 5.75 Å². The number of nitrogens with zero attached hydrogens (tertiary/aromatic N) is 2. The lowest BCUT2D eigenvalue weighted by Crippen LogP contribution is -2.06. The van der Waals surface area contributed by atoms with Crippen LogP contribution in [0.3, 0.4) is 0 Å². The molecule has 2 aromatic rings. The molecular weight excluding hydrogens is 226 g/mol. The SMILES string of the molecule is CCn1ccnc1COc1ccc([C@H](C)N)cc1. The fourth-order valence-electron chi connectivity index (χ4n) is 1.78. The van der Waals surface area contributed by atoms with Crippen LogP contribution in [0.15, 0.2) is 36.7 Å². The lowest BCUT2D eigenvalue weighted by molar-refractivity contribution is 0.290. The molecule has 0 saturated heterocycles. The van der Waals surface area contributed by atoms with Crippen molar-refractivity contribution in [2.45, 2.75) is 33.0 Å². The fourth-order valence-corrected chi connectivity index (χ4v) is 1.78. The second-order valence-electron chi connectivity index (χ2n) is 4.28. The molecule has 4 nitrogen and oxygen atoms in total. The van der Waals surface area contributed by atoms with Crippen molar-refractivity contribution in [3.05, 3.63) is 48.0 Å². The number of aromatic nitrogens is 2. The molecule has 2 N–H and O–H groups in total. The predicted molar refractivity (Wildman–Crippen MR) is 71.3 cm³/mol. The molecule has 96 valence electrons. The normalized spacial score (nSPS) is 12.4. The van der Waals surface area contributed by atoms with Crippen LogP contribution in [-0.4, -0.2) is 9.55 Å². The zero-order valence-corrected chi connectivity index (χ0v) is 10.8. The Balaban J connectivity index is 1.98. The van der Waals surface area contributed by atoms with E-state index in [-0.39, 0.29) is 6.04 Å². The van der Waals surface area contributed by atoms with E-state index in [0.717, 1.165) is 23.7 Å². The van der Waals surface area contributed by atoms with Crippen LogP contribution >= 0.6 is 0 Å². The van der Waals surface area contributed by atoms with Gasteiger partial charge >= 0.3 is 0 Å². The molecule has 1 atom stereocenters. The van der Waals surface area contributed by atoms with Gasteiger partial charge in [-0.2, -0.15) is 0 Å². The molecule has 0 spiro atoms. The van der Waals surface area contributed by atoms with Gasteiger partial charge in [0.05, 0.1) is 0 Å². The van der Waals surface area contributed by atoms with Crippen LogP contribution in [-0.2, 0) is 13.2 Å². The van der Waals surface area contributed by atoms with Gasteiger partial charge in [-0.15, -0.1) is 0 Å². The number of aryl methyl sites for hydroxylation is 1. The molecule has 0 aliphatic heterocycles. The van der Waals surface area contributed by atoms with Crippen molar-refractivity contribution < 1.29 is 4.74 Å². The van der Waals surface area contributed by atoms with Crippen LogP contribution in [0.1, 0.15) is 31.3 Å². The van der Waals surface area contributed by atoms with Gasteiger partial charge in [0.2, 0.25) is 0 Å². The molecule has 0 amide bonds. The molecule has 18 heavy (non-hydrogen) atoms. The standard InChI is InChI=1S/C14H19N3O/c1-3-17-9-8-16-14(17)10-18-13-6-4-12(5-7-13)11(2)15/h4-9,11H,3,10,15H2,1-2H3/t11-/m0/s1. The third-order valence-electron chi connectivity index (χ3n) is 2.92. The summed E-state index contributed by atoms with van der Waals surface area (Å²) in [5.74, 6) is 1.78. The summed E-state index contributed by atoms with van der Waals surface area (Å²) in [5.41, 5.74) is 6.91. The summed E-state index contributed by atoms with van der Waals surface area (Å²) in [6.07, 6.45) is 3.75. The molecule has 2 rings (SSSR count). The summed E-state index contributed by atoms with van der Waals surface area (Å²) in [4.78, 5) is 4.27. The Kier molecular flexibility index (Phi) is 3.99. The Labute approximate surface area is 107 Å². The van der Waals surface area contributed by atoms with Crippen LogP contribution < -0.4 is 10.5 Å². The highest BCUT2D eigenvalue weighted by atomic mass is 16.5. The fraction of sp³-hybridized carbons (Fsp3) is 0.357. The molecule has 1 aromatic carbocycles. The average Bonchev–Trinajstić information content (AvgIpc) is 2.84. The van der Waals surface area contributed by atoms with E-state index < -0.39 is 0 Å². The Bertz CT molecular complexity index is 488. The Morgan fingerprint density at radius 1 is 1.33 bits per heavy atom. The first-order valence-corrected chi connectivity index (χ1v) is 6.19. The third-order valence-corrected chi connectivity index (χ3v) is 2.92. The third kappa shape index (κ3) is 2.90. The number of rotatable bonds is 5. The molecule has 1 heterocycles. The van der Waals surface area contributed by atoms with Crippen LogP contribution in [0.2, 0.25) is 0 Å². The second kappa shape index (κ2) is 5.69. The van der Waals surface area contributed by atoms with Gasteiger partial charge in [-0.1, -0.05) is 12.1 Å². The summed E-state index contributed by atoms with van der Waals surface area (Å²) >= 11 is 0. The number of ether oxygens (including phenoxy) is 1. The number of hydrogen-bond donors (Lipinski definition) is 1. The number of hydrogen-bond acceptors (Lipinski definition) is 3. The zero-order valence-electron chi connectivity index (χ0n) is 10.8. The van der Waals surface area contributed by atoms with E-state index >= 15 is 0 Å². The van der Waals surface area contributed by atoms with Crippen molar-refractivity contribution >= 4 is 0 Å². The Morgan fingerprint density at radius 2 is 2.06 bits per heavy atom. The topological polar surface area (TPSA) is 53.1 Å². The summed E-state index contributed by atoms with van der Waals surface area (Å²) < 4.78 is 7.77. The quantitative estimate of drug-likeness (QED) is 0.880. The summed E-state index contributed by atoms with van der Waals surface area (Å²) in [6.45, 7) is 5.44. The lowest BCUT2D eigenvalue weighted by Gasteiger charge is -2.09. The van der Waals surface area contributed by atoms with Gasteiger partial charge in [0, 0.05) is 25.0 Å². The van der Waals surface area contributed by atoms with Crippen molar-refractivity contribution in [1.29, 1.82) is 0 Å². The van der Waals surface area contributed by atoms with Crippen molar-refractivity contribution in [3.63, 3.8) is 0 Å². The minimum absolute atomic E-state index is 0.0537.